The molecule has 1 heterocycles. The summed E-state index contributed by atoms with van der Waals surface area (Å²) in [4.78, 5) is 22.7. The standard InChI is InChI=1S/C14H9NO5S/c16-13-8-9-14(17)15(13)20-21(18,19)12-7-3-5-10-4-1-2-6-11(10)12/h1-9H. The first-order chi connectivity index (χ1) is 9.99. The Balaban J connectivity index is 2.05. The fourth-order valence-corrected chi connectivity index (χ4v) is 3.14. The van der Waals surface area contributed by atoms with Crippen LogP contribution in [0.4, 0.5) is 0 Å². The molecule has 0 radical (unpaired) electrons. The third kappa shape index (κ3) is 2.32. The molecule has 3 rings (SSSR count). The van der Waals surface area contributed by atoms with Crippen LogP contribution < -0.4 is 0 Å². The number of amides is 2. The zero-order chi connectivity index (χ0) is 15.0. The summed E-state index contributed by atoms with van der Waals surface area (Å²) in [6.07, 6.45) is 1.89. The first-order valence-electron chi connectivity index (χ1n) is 5.97. The Morgan fingerprint density at radius 3 is 2.19 bits per heavy atom. The molecule has 106 valence electrons. The van der Waals surface area contributed by atoms with Gasteiger partial charge in [0.15, 0.2) is 0 Å². The van der Waals surface area contributed by atoms with Crippen LogP contribution in [-0.4, -0.2) is 25.3 Å². The number of imide groups is 1. The average molecular weight is 303 g/mol. The molecule has 0 unspecified atom stereocenters. The molecular weight excluding hydrogens is 294 g/mol. The Kier molecular flexibility index (Phi) is 3.08. The Morgan fingerprint density at radius 2 is 1.48 bits per heavy atom. The number of hydrogen-bond donors (Lipinski definition) is 0. The van der Waals surface area contributed by atoms with Crippen molar-refractivity contribution in [2.45, 2.75) is 4.90 Å². The second-order valence-corrected chi connectivity index (χ2v) is 5.81. The van der Waals surface area contributed by atoms with Crippen LogP contribution in [0, 0.1) is 0 Å². The van der Waals surface area contributed by atoms with Crippen molar-refractivity contribution in [3.8, 4) is 0 Å². The van der Waals surface area contributed by atoms with Crippen molar-refractivity contribution in [1.82, 2.24) is 5.06 Å². The van der Waals surface area contributed by atoms with E-state index in [0.29, 0.717) is 10.8 Å². The maximum atomic E-state index is 12.3. The minimum absolute atomic E-state index is 0.104. The molecule has 2 amide bonds. The summed E-state index contributed by atoms with van der Waals surface area (Å²) >= 11 is 0. The monoisotopic (exact) mass is 303 g/mol. The van der Waals surface area contributed by atoms with Crippen LogP contribution in [0.25, 0.3) is 10.8 Å². The van der Waals surface area contributed by atoms with Gasteiger partial charge in [0.1, 0.15) is 4.90 Å². The first-order valence-corrected chi connectivity index (χ1v) is 7.38. The van der Waals surface area contributed by atoms with E-state index in [0.717, 1.165) is 12.2 Å². The van der Waals surface area contributed by atoms with Crippen LogP contribution in [0.15, 0.2) is 59.5 Å². The molecule has 21 heavy (non-hydrogen) atoms. The lowest BCUT2D eigenvalue weighted by molar-refractivity contribution is -0.161. The Hall–Kier alpha value is -2.51. The summed E-state index contributed by atoms with van der Waals surface area (Å²) in [6, 6.07) is 11.5. The van der Waals surface area contributed by atoms with Gasteiger partial charge in [-0.2, -0.15) is 8.42 Å². The van der Waals surface area contributed by atoms with E-state index < -0.39 is 21.9 Å². The van der Waals surface area contributed by atoms with Gasteiger partial charge in [0, 0.05) is 17.5 Å². The van der Waals surface area contributed by atoms with Crippen LogP contribution in [0.1, 0.15) is 0 Å². The summed E-state index contributed by atoms with van der Waals surface area (Å²) in [7, 11) is -4.29. The normalized spacial score (nSPS) is 15.1. The van der Waals surface area contributed by atoms with Gasteiger partial charge in [-0.05, 0) is 11.5 Å². The van der Waals surface area contributed by atoms with Gasteiger partial charge in [0.2, 0.25) is 0 Å². The van der Waals surface area contributed by atoms with Gasteiger partial charge in [-0.3, -0.25) is 9.59 Å². The van der Waals surface area contributed by atoms with E-state index in [1.54, 1.807) is 36.4 Å². The predicted molar refractivity (Wildman–Crippen MR) is 73.2 cm³/mol. The molecule has 0 saturated carbocycles. The summed E-state index contributed by atoms with van der Waals surface area (Å²) in [6.45, 7) is 0. The minimum Gasteiger partial charge on any atom is -0.267 e. The lowest BCUT2D eigenvalue weighted by Crippen LogP contribution is -2.32. The number of nitrogens with zero attached hydrogens (tertiary/aromatic N) is 1. The molecule has 2 aromatic rings. The largest absolute Gasteiger partial charge is 0.318 e. The molecule has 1 aliphatic rings. The number of rotatable bonds is 3. The number of fused-ring (bicyclic) bond motifs is 1. The van der Waals surface area contributed by atoms with Gasteiger partial charge >= 0.3 is 10.1 Å². The van der Waals surface area contributed by atoms with Crippen LogP contribution in [0.3, 0.4) is 0 Å². The molecule has 7 heteroatoms. The van der Waals surface area contributed by atoms with E-state index in [4.69, 9.17) is 0 Å². The minimum atomic E-state index is -4.29. The van der Waals surface area contributed by atoms with Crippen LogP contribution in [-0.2, 0) is 24.0 Å². The Labute approximate surface area is 120 Å². The second-order valence-electron chi connectivity index (χ2n) is 4.31. The molecule has 0 N–H and O–H groups in total. The molecule has 0 aromatic heterocycles. The van der Waals surface area contributed by atoms with Crippen molar-refractivity contribution in [1.29, 1.82) is 0 Å². The predicted octanol–water partition coefficient (Wildman–Crippen LogP) is 1.39. The molecule has 0 fully saturated rings. The molecule has 1 aliphatic heterocycles. The highest BCUT2D eigenvalue weighted by Gasteiger charge is 2.31. The fraction of sp³-hybridized carbons (Fsp3) is 0. The van der Waals surface area contributed by atoms with Crippen molar-refractivity contribution >= 4 is 32.7 Å². The van der Waals surface area contributed by atoms with Gasteiger partial charge in [-0.15, -0.1) is 9.35 Å². The molecule has 2 aromatic carbocycles. The summed E-state index contributed by atoms with van der Waals surface area (Å²) < 4.78 is 29.3. The molecule has 0 spiro atoms. The molecule has 0 aliphatic carbocycles. The number of hydroxylamine groups is 2. The average Bonchev–Trinajstić information content (AvgIpc) is 2.78. The lowest BCUT2D eigenvalue weighted by Gasteiger charge is -2.14. The smallest absolute Gasteiger partial charge is 0.267 e. The number of carbonyl (C=O) groups is 2. The van der Waals surface area contributed by atoms with Gasteiger partial charge in [0.25, 0.3) is 11.8 Å². The Bertz CT molecular complexity index is 862. The molecule has 0 atom stereocenters. The fourth-order valence-electron chi connectivity index (χ4n) is 2.01. The van der Waals surface area contributed by atoms with E-state index in [1.807, 2.05) is 0 Å². The van der Waals surface area contributed by atoms with E-state index >= 15 is 0 Å². The molecule has 6 nitrogen and oxygen atoms in total. The van der Waals surface area contributed by atoms with Gasteiger partial charge in [-0.25, -0.2) is 0 Å². The van der Waals surface area contributed by atoms with Gasteiger partial charge in [-0.1, -0.05) is 36.4 Å². The third-order valence-electron chi connectivity index (χ3n) is 2.96. The van der Waals surface area contributed by atoms with Crippen LogP contribution >= 0.6 is 0 Å². The van der Waals surface area contributed by atoms with Crippen molar-refractivity contribution in [3.63, 3.8) is 0 Å². The van der Waals surface area contributed by atoms with Gasteiger partial charge in [0.05, 0.1) is 0 Å². The zero-order valence-corrected chi connectivity index (χ0v) is 11.4. The topological polar surface area (TPSA) is 80.8 Å². The summed E-state index contributed by atoms with van der Waals surface area (Å²) in [5, 5.41) is 1.38. The lowest BCUT2D eigenvalue weighted by atomic mass is 10.1. The van der Waals surface area contributed by atoms with Crippen molar-refractivity contribution < 1.29 is 22.3 Å². The van der Waals surface area contributed by atoms with E-state index in [1.165, 1.54) is 6.07 Å². The van der Waals surface area contributed by atoms with Crippen molar-refractivity contribution in [2.75, 3.05) is 0 Å². The summed E-state index contributed by atoms with van der Waals surface area (Å²) in [5.74, 6) is -1.66. The molecular formula is C14H9NO5S. The third-order valence-corrected chi connectivity index (χ3v) is 4.20. The number of benzene rings is 2. The molecule has 0 saturated heterocycles. The van der Waals surface area contributed by atoms with Crippen LogP contribution in [0.5, 0.6) is 0 Å². The van der Waals surface area contributed by atoms with Crippen molar-refractivity contribution in [2.24, 2.45) is 0 Å². The van der Waals surface area contributed by atoms with Gasteiger partial charge < -0.3 is 0 Å². The van der Waals surface area contributed by atoms with E-state index in [9.17, 15) is 18.0 Å². The number of carbonyl (C=O) groups excluding carboxylic acids is 2. The van der Waals surface area contributed by atoms with E-state index in [-0.39, 0.29) is 9.96 Å². The van der Waals surface area contributed by atoms with Crippen molar-refractivity contribution in [3.05, 3.63) is 54.6 Å². The first kappa shape index (κ1) is 13.5. The number of hydrogen-bond acceptors (Lipinski definition) is 5. The SMILES string of the molecule is O=C1C=CC(=O)N1OS(=O)(=O)c1cccc2ccccc12. The summed E-state index contributed by atoms with van der Waals surface area (Å²) in [5.41, 5.74) is 0. The highest BCUT2D eigenvalue weighted by atomic mass is 32.2. The Morgan fingerprint density at radius 1 is 0.857 bits per heavy atom. The maximum absolute atomic E-state index is 12.3. The van der Waals surface area contributed by atoms with Crippen LogP contribution in [0.2, 0.25) is 0 Å². The maximum Gasteiger partial charge on any atom is 0.318 e. The highest BCUT2D eigenvalue weighted by molar-refractivity contribution is 7.87. The highest BCUT2D eigenvalue weighted by Crippen LogP contribution is 2.25. The quantitative estimate of drug-likeness (QED) is 0.800. The van der Waals surface area contributed by atoms with E-state index in [2.05, 4.69) is 4.28 Å². The molecule has 0 bridgehead atoms. The zero-order valence-electron chi connectivity index (χ0n) is 10.6. The second kappa shape index (κ2) is 4.80.